The number of carbonyl (C=O) groups excluding carboxylic acids is 1. The molecular weight excluding hydrogens is 240 g/mol. The molecule has 2 atom stereocenters. The summed E-state index contributed by atoms with van der Waals surface area (Å²) < 4.78 is 0. The molecule has 0 aliphatic heterocycles. The molecule has 0 heterocycles. The summed E-state index contributed by atoms with van der Waals surface area (Å²) in [4.78, 5) is 17.3. The highest BCUT2D eigenvalue weighted by atomic mass is 16.2. The second-order valence-corrected chi connectivity index (χ2v) is 5.97. The quantitative estimate of drug-likeness (QED) is 0.594. The first-order valence-electron chi connectivity index (χ1n) is 7.09. The molecule has 1 rings (SSSR count). The lowest BCUT2D eigenvalue weighted by molar-refractivity contribution is -0.127. The maximum atomic E-state index is 11.5. The minimum absolute atomic E-state index is 0.0494. The first-order valence-corrected chi connectivity index (χ1v) is 7.09. The Morgan fingerprint density at radius 1 is 1.21 bits per heavy atom. The van der Waals surface area contributed by atoms with Gasteiger partial charge in [0.1, 0.15) is 0 Å². The number of aliphatic imine (C=N–C) groups is 1. The minimum atomic E-state index is 0.0494. The molecule has 5 heteroatoms. The van der Waals surface area contributed by atoms with Gasteiger partial charge in [-0.05, 0) is 31.1 Å². The van der Waals surface area contributed by atoms with Crippen molar-refractivity contribution in [2.24, 2.45) is 16.8 Å². The van der Waals surface area contributed by atoms with Gasteiger partial charge in [-0.2, -0.15) is 0 Å². The van der Waals surface area contributed by atoms with Gasteiger partial charge >= 0.3 is 0 Å². The number of carbonyl (C=O) groups is 1. The van der Waals surface area contributed by atoms with E-state index in [1.54, 1.807) is 26.0 Å². The zero-order chi connectivity index (χ0) is 14.4. The Kier molecular flexibility index (Phi) is 6.12. The number of nitrogens with zero attached hydrogens (tertiary/aromatic N) is 2. The summed E-state index contributed by atoms with van der Waals surface area (Å²) in [6, 6.07) is 0.458. The van der Waals surface area contributed by atoms with E-state index < -0.39 is 0 Å². The third-order valence-electron chi connectivity index (χ3n) is 3.65. The average Bonchev–Trinajstić information content (AvgIpc) is 2.32. The summed E-state index contributed by atoms with van der Waals surface area (Å²) >= 11 is 0. The van der Waals surface area contributed by atoms with E-state index in [2.05, 4.69) is 29.5 Å². The van der Waals surface area contributed by atoms with E-state index in [0.29, 0.717) is 6.04 Å². The predicted octanol–water partition coefficient (Wildman–Crippen LogP) is 1.06. The second kappa shape index (κ2) is 7.36. The van der Waals surface area contributed by atoms with Crippen molar-refractivity contribution in [3.63, 3.8) is 0 Å². The molecule has 1 saturated carbocycles. The highest BCUT2D eigenvalue weighted by Gasteiger charge is 2.24. The van der Waals surface area contributed by atoms with Crippen LogP contribution < -0.4 is 10.6 Å². The van der Waals surface area contributed by atoms with Crippen molar-refractivity contribution in [2.75, 3.05) is 27.7 Å². The number of likely N-dealkylation sites (N-methyl/N-ethyl adjacent to an activating group) is 1. The third kappa shape index (κ3) is 5.49. The third-order valence-corrected chi connectivity index (χ3v) is 3.65. The average molecular weight is 268 g/mol. The topological polar surface area (TPSA) is 56.7 Å². The first kappa shape index (κ1) is 15.8. The van der Waals surface area contributed by atoms with Crippen LogP contribution in [0.4, 0.5) is 0 Å². The zero-order valence-electron chi connectivity index (χ0n) is 12.9. The van der Waals surface area contributed by atoms with E-state index in [4.69, 9.17) is 0 Å². The second-order valence-electron chi connectivity index (χ2n) is 5.97. The molecule has 0 aromatic carbocycles. The van der Waals surface area contributed by atoms with Crippen LogP contribution in [-0.4, -0.2) is 50.5 Å². The van der Waals surface area contributed by atoms with E-state index in [0.717, 1.165) is 17.8 Å². The molecule has 0 aromatic heterocycles. The van der Waals surface area contributed by atoms with E-state index in [1.165, 1.54) is 19.3 Å². The van der Waals surface area contributed by atoms with Gasteiger partial charge in [-0.1, -0.05) is 13.8 Å². The Hall–Kier alpha value is -1.26. The van der Waals surface area contributed by atoms with E-state index in [-0.39, 0.29) is 12.5 Å². The Labute approximate surface area is 116 Å². The number of nitrogens with one attached hydrogen (secondary N) is 2. The van der Waals surface area contributed by atoms with Crippen molar-refractivity contribution < 1.29 is 4.79 Å². The number of rotatable bonds is 3. The normalized spacial score (nSPS) is 27.8. The van der Waals surface area contributed by atoms with Crippen molar-refractivity contribution in [1.82, 2.24) is 15.5 Å². The SMILES string of the molecule is CN=C(NCC(=O)N(C)C)NC1CC(C)CC(C)C1. The fourth-order valence-corrected chi connectivity index (χ4v) is 2.77. The number of hydrogen-bond acceptors (Lipinski definition) is 2. The molecule has 0 saturated heterocycles. The fraction of sp³-hybridized carbons (Fsp3) is 0.857. The lowest BCUT2D eigenvalue weighted by Crippen LogP contribution is -2.48. The van der Waals surface area contributed by atoms with Gasteiger partial charge in [0.05, 0.1) is 6.54 Å². The first-order chi connectivity index (χ1) is 8.92. The molecule has 19 heavy (non-hydrogen) atoms. The molecule has 0 bridgehead atoms. The van der Waals surface area contributed by atoms with Gasteiger partial charge < -0.3 is 15.5 Å². The molecule has 2 unspecified atom stereocenters. The van der Waals surface area contributed by atoms with Crippen LogP contribution in [0.1, 0.15) is 33.1 Å². The number of guanidine groups is 1. The summed E-state index contributed by atoms with van der Waals surface area (Å²) in [5, 5.41) is 6.50. The van der Waals surface area contributed by atoms with Crippen molar-refractivity contribution in [3.05, 3.63) is 0 Å². The molecule has 1 aliphatic carbocycles. The lowest BCUT2D eigenvalue weighted by Gasteiger charge is -2.32. The standard InChI is InChI=1S/C14H28N4O/c1-10-6-11(2)8-12(7-10)17-14(15-3)16-9-13(19)18(4)5/h10-12H,6-9H2,1-5H3,(H2,15,16,17). The molecular formula is C14H28N4O. The van der Waals surface area contributed by atoms with Crippen molar-refractivity contribution >= 4 is 11.9 Å². The Morgan fingerprint density at radius 3 is 2.26 bits per heavy atom. The number of amides is 1. The van der Waals surface area contributed by atoms with Crippen LogP contribution in [0, 0.1) is 11.8 Å². The van der Waals surface area contributed by atoms with Gasteiger partial charge in [0.25, 0.3) is 0 Å². The fourth-order valence-electron chi connectivity index (χ4n) is 2.77. The van der Waals surface area contributed by atoms with Gasteiger partial charge in [-0.25, -0.2) is 0 Å². The molecule has 2 N–H and O–H groups in total. The molecule has 1 aliphatic rings. The van der Waals surface area contributed by atoms with Crippen molar-refractivity contribution in [2.45, 2.75) is 39.2 Å². The lowest BCUT2D eigenvalue weighted by atomic mass is 9.80. The summed E-state index contributed by atoms with van der Waals surface area (Å²) in [5.41, 5.74) is 0. The van der Waals surface area contributed by atoms with Gasteiger partial charge in [-0.3, -0.25) is 9.79 Å². The maximum absolute atomic E-state index is 11.5. The van der Waals surface area contributed by atoms with Crippen LogP contribution in [0.15, 0.2) is 4.99 Å². The van der Waals surface area contributed by atoms with Crippen LogP contribution in [0.3, 0.4) is 0 Å². The van der Waals surface area contributed by atoms with E-state index in [1.807, 2.05) is 0 Å². The van der Waals surface area contributed by atoms with Crippen molar-refractivity contribution in [3.8, 4) is 0 Å². The minimum Gasteiger partial charge on any atom is -0.354 e. The van der Waals surface area contributed by atoms with Crippen LogP contribution >= 0.6 is 0 Å². The van der Waals surface area contributed by atoms with E-state index in [9.17, 15) is 4.79 Å². The summed E-state index contributed by atoms with van der Waals surface area (Å²) in [7, 11) is 5.25. The summed E-state index contributed by atoms with van der Waals surface area (Å²) in [6.45, 7) is 4.89. The molecule has 1 amide bonds. The van der Waals surface area contributed by atoms with Gasteiger partial charge in [-0.15, -0.1) is 0 Å². The monoisotopic (exact) mass is 268 g/mol. The Morgan fingerprint density at radius 2 is 1.79 bits per heavy atom. The van der Waals surface area contributed by atoms with Crippen molar-refractivity contribution in [1.29, 1.82) is 0 Å². The van der Waals surface area contributed by atoms with Crippen LogP contribution in [0.2, 0.25) is 0 Å². The maximum Gasteiger partial charge on any atom is 0.241 e. The highest BCUT2D eigenvalue weighted by Crippen LogP contribution is 2.28. The van der Waals surface area contributed by atoms with Gasteiger partial charge in [0, 0.05) is 27.2 Å². The van der Waals surface area contributed by atoms with Crippen LogP contribution in [-0.2, 0) is 4.79 Å². The summed E-state index contributed by atoms with van der Waals surface area (Å²) in [5.74, 6) is 2.28. The van der Waals surface area contributed by atoms with Gasteiger partial charge in [0.2, 0.25) is 5.91 Å². The van der Waals surface area contributed by atoms with E-state index >= 15 is 0 Å². The summed E-state index contributed by atoms with van der Waals surface area (Å²) in [6.07, 6.45) is 3.66. The van der Waals surface area contributed by atoms with Gasteiger partial charge in [0.15, 0.2) is 5.96 Å². The highest BCUT2D eigenvalue weighted by molar-refractivity contribution is 5.86. The predicted molar refractivity (Wildman–Crippen MR) is 79.2 cm³/mol. The van der Waals surface area contributed by atoms with Crippen LogP contribution in [0.25, 0.3) is 0 Å². The molecule has 0 aromatic rings. The molecule has 0 radical (unpaired) electrons. The van der Waals surface area contributed by atoms with Crippen LogP contribution in [0.5, 0.6) is 0 Å². The number of hydrogen-bond donors (Lipinski definition) is 2. The Bertz CT molecular complexity index is 317. The molecule has 5 nitrogen and oxygen atoms in total. The molecule has 0 spiro atoms. The largest absolute Gasteiger partial charge is 0.354 e. The molecule has 1 fully saturated rings. The Balaban J connectivity index is 2.42. The molecule has 110 valence electrons. The zero-order valence-corrected chi connectivity index (χ0v) is 12.9. The smallest absolute Gasteiger partial charge is 0.241 e.